The summed E-state index contributed by atoms with van der Waals surface area (Å²) in [5, 5.41) is 6.92. The molecule has 4 rings (SSSR count). The van der Waals surface area contributed by atoms with Gasteiger partial charge in [0, 0.05) is 23.5 Å². The molecule has 2 aromatic rings. The van der Waals surface area contributed by atoms with Gasteiger partial charge in [-0.25, -0.2) is 0 Å². The lowest BCUT2D eigenvalue weighted by atomic mass is 9.99. The Morgan fingerprint density at radius 1 is 0.682 bits per heavy atom. The van der Waals surface area contributed by atoms with Crippen LogP contribution in [0.15, 0.2) is 48.5 Å². The number of para-hydroxylation sites is 2. The van der Waals surface area contributed by atoms with Gasteiger partial charge in [-0.2, -0.15) is 0 Å². The number of hydrogen-bond donors (Lipinski definition) is 2. The minimum atomic E-state index is 0.643. The molecular formula is C20H26N2. The molecule has 0 aliphatic carbocycles. The number of benzene rings is 2. The molecule has 2 heterocycles. The van der Waals surface area contributed by atoms with E-state index in [-0.39, 0.29) is 0 Å². The Labute approximate surface area is 134 Å². The molecule has 22 heavy (non-hydrogen) atoms. The number of rotatable bonds is 0. The topological polar surface area (TPSA) is 24.1 Å². The van der Waals surface area contributed by atoms with Crippen molar-refractivity contribution in [2.45, 2.75) is 51.6 Å². The van der Waals surface area contributed by atoms with Crippen molar-refractivity contribution in [3.05, 3.63) is 59.7 Å². The third-order valence-corrected chi connectivity index (χ3v) is 4.53. The zero-order valence-electron chi connectivity index (χ0n) is 13.6. The Hall–Kier alpha value is -1.96. The monoisotopic (exact) mass is 294 g/mol. The summed E-state index contributed by atoms with van der Waals surface area (Å²) in [7, 11) is 0. The molecule has 2 heteroatoms. The summed E-state index contributed by atoms with van der Waals surface area (Å²) in [6.45, 7) is 4.46. The Morgan fingerprint density at radius 2 is 1.09 bits per heavy atom. The second kappa shape index (κ2) is 6.87. The lowest BCUT2D eigenvalue weighted by Crippen LogP contribution is -2.21. The van der Waals surface area contributed by atoms with E-state index in [1.807, 2.05) is 0 Å². The second-order valence-corrected chi connectivity index (χ2v) is 6.48. The van der Waals surface area contributed by atoms with Crippen molar-refractivity contribution in [3.63, 3.8) is 0 Å². The van der Waals surface area contributed by atoms with E-state index in [1.54, 1.807) is 0 Å². The van der Waals surface area contributed by atoms with Gasteiger partial charge in [-0.3, -0.25) is 0 Å². The van der Waals surface area contributed by atoms with Crippen LogP contribution in [0.4, 0.5) is 11.4 Å². The third-order valence-electron chi connectivity index (χ3n) is 4.53. The quantitative estimate of drug-likeness (QED) is 0.724. The highest BCUT2D eigenvalue weighted by Gasteiger charge is 2.12. The van der Waals surface area contributed by atoms with E-state index >= 15 is 0 Å². The van der Waals surface area contributed by atoms with Crippen molar-refractivity contribution in [2.75, 3.05) is 10.6 Å². The van der Waals surface area contributed by atoms with Crippen molar-refractivity contribution < 1.29 is 0 Å². The Balaban J connectivity index is 0.000000131. The fourth-order valence-electron chi connectivity index (χ4n) is 3.18. The van der Waals surface area contributed by atoms with Gasteiger partial charge in [0.05, 0.1) is 0 Å². The maximum atomic E-state index is 3.46. The van der Waals surface area contributed by atoms with E-state index in [1.165, 1.54) is 48.2 Å². The maximum Gasteiger partial charge on any atom is 0.0374 e. The molecule has 0 aromatic heterocycles. The smallest absolute Gasteiger partial charge is 0.0374 e. The average molecular weight is 294 g/mol. The maximum absolute atomic E-state index is 3.46. The van der Waals surface area contributed by atoms with Gasteiger partial charge in [0.25, 0.3) is 0 Å². The number of anilines is 2. The minimum absolute atomic E-state index is 0.643. The summed E-state index contributed by atoms with van der Waals surface area (Å²) in [5.41, 5.74) is 5.58. The number of nitrogens with one attached hydrogen (secondary N) is 2. The van der Waals surface area contributed by atoms with Crippen LogP contribution < -0.4 is 10.6 Å². The van der Waals surface area contributed by atoms with Gasteiger partial charge in [0.2, 0.25) is 0 Å². The lowest BCUT2D eigenvalue weighted by molar-refractivity contribution is 0.681. The van der Waals surface area contributed by atoms with Gasteiger partial charge in [0.15, 0.2) is 0 Å². The van der Waals surface area contributed by atoms with Gasteiger partial charge in [-0.05, 0) is 62.8 Å². The Bertz CT molecular complexity index is 565. The first-order chi connectivity index (χ1) is 10.7. The molecule has 2 aliphatic rings. The summed E-state index contributed by atoms with van der Waals surface area (Å²) in [5.74, 6) is 0. The number of fused-ring (bicyclic) bond motifs is 2. The molecule has 2 aliphatic heterocycles. The predicted octanol–water partition coefficient (Wildman–Crippen LogP) is 4.87. The second-order valence-electron chi connectivity index (χ2n) is 6.48. The highest BCUT2D eigenvalue weighted by atomic mass is 14.9. The van der Waals surface area contributed by atoms with Gasteiger partial charge in [0.1, 0.15) is 0 Å². The van der Waals surface area contributed by atoms with Crippen LogP contribution in [-0.4, -0.2) is 12.1 Å². The van der Waals surface area contributed by atoms with E-state index in [0.29, 0.717) is 12.1 Å². The summed E-state index contributed by atoms with van der Waals surface area (Å²) in [6, 6.07) is 18.4. The first-order valence-corrected chi connectivity index (χ1v) is 8.41. The lowest BCUT2D eigenvalue weighted by Gasteiger charge is -2.23. The molecule has 0 saturated heterocycles. The zero-order valence-corrected chi connectivity index (χ0v) is 13.6. The van der Waals surface area contributed by atoms with E-state index in [0.717, 1.165) is 0 Å². The molecule has 2 unspecified atom stereocenters. The van der Waals surface area contributed by atoms with E-state index in [4.69, 9.17) is 0 Å². The third kappa shape index (κ3) is 3.62. The van der Waals surface area contributed by atoms with Gasteiger partial charge < -0.3 is 10.6 Å². The molecular weight excluding hydrogens is 268 g/mol. The van der Waals surface area contributed by atoms with Gasteiger partial charge in [-0.15, -0.1) is 0 Å². The fourth-order valence-corrected chi connectivity index (χ4v) is 3.18. The number of hydrogen-bond acceptors (Lipinski definition) is 2. The van der Waals surface area contributed by atoms with Gasteiger partial charge >= 0.3 is 0 Å². The van der Waals surface area contributed by atoms with Crippen LogP contribution in [0.25, 0.3) is 0 Å². The van der Waals surface area contributed by atoms with Crippen molar-refractivity contribution >= 4 is 11.4 Å². The van der Waals surface area contributed by atoms with E-state index < -0.39 is 0 Å². The summed E-state index contributed by atoms with van der Waals surface area (Å²) < 4.78 is 0. The standard InChI is InChI=1S/2C10H13N/c2*1-8-6-7-9-4-2-3-5-10(9)11-8/h2*2-5,8,11H,6-7H2,1H3. The molecule has 116 valence electrons. The average Bonchev–Trinajstić information content (AvgIpc) is 2.55. The molecule has 2 aromatic carbocycles. The largest absolute Gasteiger partial charge is 0.382 e. The minimum Gasteiger partial charge on any atom is -0.382 e. The molecule has 2 N–H and O–H groups in total. The van der Waals surface area contributed by atoms with Crippen molar-refractivity contribution in [1.82, 2.24) is 0 Å². The fraction of sp³-hybridized carbons (Fsp3) is 0.400. The van der Waals surface area contributed by atoms with E-state index in [9.17, 15) is 0 Å². The Morgan fingerprint density at radius 3 is 1.55 bits per heavy atom. The molecule has 0 radical (unpaired) electrons. The number of aryl methyl sites for hydroxylation is 2. The SMILES string of the molecule is CC1CCc2ccccc2N1.CC1CCc2ccccc2N1. The molecule has 0 spiro atoms. The molecule has 0 bridgehead atoms. The van der Waals surface area contributed by atoms with Crippen molar-refractivity contribution in [3.8, 4) is 0 Å². The van der Waals surface area contributed by atoms with Crippen LogP contribution in [0.2, 0.25) is 0 Å². The first kappa shape index (κ1) is 15.0. The molecule has 0 amide bonds. The molecule has 2 atom stereocenters. The molecule has 0 saturated carbocycles. The van der Waals surface area contributed by atoms with Crippen LogP contribution in [0.1, 0.15) is 37.8 Å². The van der Waals surface area contributed by atoms with E-state index in [2.05, 4.69) is 73.0 Å². The van der Waals surface area contributed by atoms with Crippen LogP contribution in [0.3, 0.4) is 0 Å². The molecule has 2 nitrogen and oxygen atoms in total. The van der Waals surface area contributed by atoms with Crippen LogP contribution in [0.5, 0.6) is 0 Å². The zero-order chi connectivity index (χ0) is 15.4. The normalized spacial score (nSPS) is 22.1. The molecule has 0 fully saturated rings. The van der Waals surface area contributed by atoms with Crippen molar-refractivity contribution in [1.29, 1.82) is 0 Å². The highest BCUT2D eigenvalue weighted by molar-refractivity contribution is 5.54. The van der Waals surface area contributed by atoms with Crippen molar-refractivity contribution in [2.24, 2.45) is 0 Å². The highest BCUT2D eigenvalue weighted by Crippen LogP contribution is 2.24. The van der Waals surface area contributed by atoms with Gasteiger partial charge in [-0.1, -0.05) is 36.4 Å². The summed E-state index contributed by atoms with van der Waals surface area (Å²) in [6.07, 6.45) is 4.97. The summed E-state index contributed by atoms with van der Waals surface area (Å²) >= 11 is 0. The Kier molecular flexibility index (Phi) is 4.67. The first-order valence-electron chi connectivity index (χ1n) is 8.41. The summed E-state index contributed by atoms with van der Waals surface area (Å²) in [4.78, 5) is 0. The van der Waals surface area contributed by atoms with Crippen LogP contribution >= 0.6 is 0 Å². The van der Waals surface area contributed by atoms with Crippen LogP contribution in [-0.2, 0) is 12.8 Å². The van der Waals surface area contributed by atoms with Crippen LogP contribution in [0, 0.1) is 0 Å². The predicted molar refractivity (Wildman–Crippen MR) is 95.7 cm³/mol.